The summed E-state index contributed by atoms with van der Waals surface area (Å²) in [6.07, 6.45) is 3.44. The van der Waals surface area contributed by atoms with E-state index in [1.165, 1.54) is 16.6 Å². The van der Waals surface area contributed by atoms with Crippen molar-refractivity contribution in [2.75, 3.05) is 19.6 Å². The van der Waals surface area contributed by atoms with Gasteiger partial charge in [0.15, 0.2) is 5.96 Å². The van der Waals surface area contributed by atoms with Crippen LogP contribution < -0.4 is 10.6 Å². The minimum absolute atomic E-state index is 0. The summed E-state index contributed by atoms with van der Waals surface area (Å²) in [5.41, 5.74) is 2.42. The molecule has 2 aromatic heterocycles. The molecular weight excluding hydrogens is 427 g/mol. The number of benzene rings is 1. The first-order valence-corrected chi connectivity index (χ1v) is 8.46. The van der Waals surface area contributed by atoms with Crippen LogP contribution in [0.2, 0.25) is 0 Å². The molecule has 5 nitrogen and oxygen atoms in total. The molecule has 25 heavy (non-hydrogen) atoms. The molecule has 0 spiro atoms. The lowest BCUT2D eigenvalue weighted by Gasteiger charge is -2.10. The van der Waals surface area contributed by atoms with Crippen molar-refractivity contribution in [1.82, 2.24) is 15.6 Å². The first kappa shape index (κ1) is 19.4. The summed E-state index contributed by atoms with van der Waals surface area (Å²) in [6, 6.07) is 14.4. The van der Waals surface area contributed by atoms with E-state index in [0.29, 0.717) is 6.54 Å². The maximum atomic E-state index is 5.33. The SMILES string of the molecule is CCNC(=NCCc1ccco1)NCCc1cc2ccccc2[nH]1.I. The molecule has 1 aromatic carbocycles. The number of nitrogens with one attached hydrogen (secondary N) is 3. The van der Waals surface area contributed by atoms with Gasteiger partial charge in [-0.1, -0.05) is 18.2 Å². The normalized spacial score (nSPS) is 11.3. The zero-order valence-corrected chi connectivity index (χ0v) is 16.7. The van der Waals surface area contributed by atoms with Crippen LogP contribution in [0.3, 0.4) is 0 Å². The standard InChI is InChI=1S/C19H24N4O.HI/c1-2-20-19(22-12-10-17-7-5-13-24-17)21-11-9-16-14-15-6-3-4-8-18(15)23-16;/h3-8,13-14,23H,2,9-12H2,1H3,(H2,20,21,22);1H. The fourth-order valence-electron chi connectivity index (χ4n) is 2.66. The van der Waals surface area contributed by atoms with E-state index in [4.69, 9.17) is 4.42 Å². The minimum atomic E-state index is 0. The molecular formula is C19H25IN4O. The maximum absolute atomic E-state index is 5.33. The average molecular weight is 452 g/mol. The third kappa shape index (κ3) is 5.81. The second-order valence-electron chi connectivity index (χ2n) is 5.65. The molecule has 3 N–H and O–H groups in total. The molecule has 0 saturated heterocycles. The fourth-order valence-corrected chi connectivity index (χ4v) is 2.66. The van der Waals surface area contributed by atoms with Crippen molar-refractivity contribution in [2.45, 2.75) is 19.8 Å². The Balaban J connectivity index is 0.00000225. The van der Waals surface area contributed by atoms with Crippen LogP contribution in [0.25, 0.3) is 10.9 Å². The lowest BCUT2D eigenvalue weighted by Crippen LogP contribution is -2.38. The molecule has 0 unspecified atom stereocenters. The van der Waals surface area contributed by atoms with Gasteiger partial charge < -0.3 is 20.0 Å². The number of fused-ring (bicyclic) bond motifs is 1. The van der Waals surface area contributed by atoms with Gasteiger partial charge in [-0.3, -0.25) is 4.99 Å². The zero-order chi connectivity index (χ0) is 16.6. The summed E-state index contributed by atoms with van der Waals surface area (Å²) in [7, 11) is 0. The maximum Gasteiger partial charge on any atom is 0.191 e. The van der Waals surface area contributed by atoms with Gasteiger partial charge in [-0.05, 0) is 36.6 Å². The summed E-state index contributed by atoms with van der Waals surface area (Å²) >= 11 is 0. The number of guanidine groups is 1. The van der Waals surface area contributed by atoms with Gasteiger partial charge in [0.05, 0.1) is 6.26 Å². The summed E-state index contributed by atoms with van der Waals surface area (Å²) in [5.74, 6) is 1.81. The van der Waals surface area contributed by atoms with Crippen LogP contribution in [0.5, 0.6) is 0 Å². The molecule has 3 aromatic rings. The molecule has 2 heterocycles. The molecule has 3 rings (SSSR count). The van der Waals surface area contributed by atoms with Gasteiger partial charge in [0, 0.05) is 43.7 Å². The van der Waals surface area contributed by atoms with Crippen molar-refractivity contribution in [3.05, 3.63) is 60.2 Å². The smallest absolute Gasteiger partial charge is 0.191 e. The van der Waals surface area contributed by atoms with E-state index in [0.717, 1.165) is 37.7 Å². The predicted octanol–water partition coefficient (Wildman–Crippen LogP) is 3.72. The number of aromatic amines is 1. The number of aliphatic imine (C=N–C) groups is 1. The summed E-state index contributed by atoms with van der Waals surface area (Å²) < 4.78 is 5.33. The van der Waals surface area contributed by atoms with E-state index in [1.807, 2.05) is 12.1 Å². The number of furan rings is 1. The van der Waals surface area contributed by atoms with Crippen molar-refractivity contribution in [1.29, 1.82) is 0 Å². The topological polar surface area (TPSA) is 65.3 Å². The van der Waals surface area contributed by atoms with E-state index in [9.17, 15) is 0 Å². The second kappa shape index (κ2) is 10.1. The van der Waals surface area contributed by atoms with E-state index in [1.54, 1.807) is 6.26 Å². The van der Waals surface area contributed by atoms with Crippen molar-refractivity contribution >= 4 is 40.8 Å². The van der Waals surface area contributed by atoms with Gasteiger partial charge in [0.25, 0.3) is 0 Å². The highest BCUT2D eigenvalue weighted by Crippen LogP contribution is 2.14. The van der Waals surface area contributed by atoms with Crippen LogP contribution in [0, 0.1) is 0 Å². The van der Waals surface area contributed by atoms with E-state index in [-0.39, 0.29) is 24.0 Å². The first-order valence-electron chi connectivity index (χ1n) is 8.46. The first-order chi connectivity index (χ1) is 11.8. The van der Waals surface area contributed by atoms with Crippen molar-refractivity contribution in [3.8, 4) is 0 Å². The highest BCUT2D eigenvalue weighted by molar-refractivity contribution is 14.0. The molecule has 0 bridgehead atoms. The Bertz CT molecular complexity index is 747. The number of halogens is 1. The van der Waals surface area contributed by atoms with E-state index < -0.39 is 0 Å². The average Bonchev–Trinajstić information content (AvgIpc) is 3.23. The highest BCUT2D eigenvalue weighted by atomic mass is 127. The molecule has 0 atom stereocenters. The quantitative estimate of drug-likeness (QED) is 0.291. The van der Waals surface area contributed by atoms with Crippen LogP contribution in [0.1, 0.15) is 18.4 Å². The highest BCUT2D eigenvalue weighted by Gasteiger charge is 2.02. The number of hydrogen-bond donors (Lipinski definition) is 3. The van der Waals surface area contributed by atoms with Gasteiger partial charge in [-0.25, -0.2) is 0 Å². The third-order valence-corrected chi connectivity index (χ3v) is 3.82. The number of hydrogen-bond acceptors (Lipinski definition) is 2. The van der Waals surface area contributed by atoms with Crippen molar-refractivity contribution < 1.29 is 4.42 Å². The Kier molecular flexibility index (Phi) is 7.84. The van der Waals surface area contributed by atoms with E-state index >= 15 is 0 Å². The third-order valence-electron chi connectivity index (χ3n) is 3.82. The van der Waals surface area contributed by atoms with Crippen LogP contribution >= 0.6 is 24.0 Å². The molecule has 0 amide bonds. The van der Waals surface area contributed by atoms with Gasteiger partial charge >= 0.3 is 0 Å². The summed E-state index contributed by atoms with van der Waals surface area (Å²) in [6.45, 7) is 4.45. The molecule has 0 aliphatic heterocycles. The van der Waals surface area contributed by atoms with Crippen LogP contribution in [0.4, 0.5) is 0 Å². The number of rotatable bonds is 7. The van der Waals surface area contributed by atoms with Crippen molar-refractivity contribution in [2.24, 2.45) is 4.99 Å². The van der Waals surface area contributed by atoms with Crippen LogP contribution in [-0.4, -0.2) is 30.6 Å². The molecule has 134 valence electrons. The zero-order valence-electron chi connectivity index (χ0n) is 14.4. The van der Waals surface area contributed by atoms with Gasteiger partial charge in [0.2, 0.25) is 0 Å². The number of para-hydroxylation sites is 1. The Labute approximate surface area is 165 Å². The monoisotopic (exact) mass is 452 g/mol. The lowest BCUT2D eigenvalue weighted by molar-refractivity contribution is 0.510. The Morgan fingerprint density at radius 1 is 1.12 bits per heavy atom. The van der Waals surface area contributed by atoms with Gasteiger partial charge in [-0.15, -0.1) is 24.0 Å². The summed E-state index contributed by atoms with van der Waals surface area (Å²) in [5, 5.41) is 7.91. The van der Waals surface area contributed by atoms with E-state index in [2.05, 4.69) is 57.9 Å². The second-order valence-corrected chi connectivity index (χ2v) is 5.65. The Hall–Kier alpha value is -1.96. The molecule has 0 saturated carbocycles. The minimum Gasteiger partial charge on any atom is -0.469 e. The van der Waals surface area contributed by atoms with Gasteiger partial charge in [-0.2, -0.15) is 0 Å². The predicted molar refractivity (Wildman–Crippen MR) is 114 cm³/mol. The Morgan fingerprint density at radius 3 is 2.76 bits per heavy atom. The molecule has 0 aliphatic carbocycles. The number of aromatic nitrogens is 1. The lowest BCUT2D eigenvalue weighted by atomic mass is 10.2. The summed E-state index contributed by atoms with van der Waals surface area (Å²) in [4.78, 5) is 8.04. The van der Waals surface area contributed by atoms with Crippen molar-refractivity contribution in [3.63, 3.8) is 0 Å². The fraction of sp³-hybridized carbons (Fsp3) is 0.316. The molecule has 0 aliphatic rings. The largest absolute Gasteiger partial charge is 0.469 e. The molecule has 0 radical (unpaired) electrons. The number of H-pyrrole nitrogens is 1. The molecule has 6 heteroatoms. The van der Waals surface area contributed by atoms with Crippen LogP contribution in [-0.2, 0) is 12.8 Å². The Morgan fingerprint density at radius 2 is 2.00 bits per heavy atom. The van der Waals surface area contributed by atoms with Gasteiger partial charge in [0.1, 0.15) is 5.76 Å². The molecule has 0 fully saturated rings. The number of nitrogens with zero attached hydrogens (tertiary/aromatic N) is 1. The van der Waals surface area contributed by atoms with Crippen LogP contribution in [0.15, 0.2) is 58.1 Å².